The Bertz CT molecular complexity index is 1290. The summed E-state index contributed by atoms with van der Waals surface area (Å²) in [6, 6.07) is 13.5. The molecular weight excluding hydrogens is 411 g/mol. The number of hydrogen-bond acceptors (Lipinski definition) is 4. The van der Waals surface area contributed by atoms with Crippen LogP contribution in [0.2, 0.25) is 0 Å². The molecule has 28 heavy (non-hydrogen) atoms. The highest BCUT2D eigenvalue weighted by Crippen LogP contribution is 2.35. The highest BCUT2D eigenvalue weighted by atomic mass is 32.2. The second-order valence-electron chi connectivity index (χ2n) is 6.01. The Morgan fingerprint density at radius 2 is 1.79 bits per heavy atom. The van der Waals surface area contributed by atoms with E-state index in [2.05, 4.69) is 5.10 Å². The van der Waals surface area contributed by atoms with Crippen LogP contribution in [0.25, 0.3) is 27.0 Å². The second-order valence-corrected chi connectivity index (χ2v) is 8.49. The van der Waals surface area contributed by atoms with E-state index in [9.17, 15) is 21.6 Å². The number of thiophene rings is 1. The molecule has 10 heteroatoms. The Hall–Kier alpha value is -2.69. The van der Waals surface area contributed by atoms with Crippen molar-refractivity contribution >= 4 is 31.4 Å². The lowest BCUT2D eigenvalue weighted by Crippen LogP contribution is -2.16. The van der Waals surface area contributed by atoms with Crippen LogP contribution in [0.4, 0.5) is 13.2 Å². The third kappa shape index (κ3) is 3.30. The molecule has 144 valence electrons. The van der Waals surface area contributed by atoms with Gasteiger partial charge in [0.25, 0.3) is 0 Å². The quantitative estimate of drug-likeness (QED) is 0.530. The number of hydrogen-bond donors (Lipinski definition) is 1. The van der Waals surface area contributed by atoms with Crippen LogP contribution in [0.5, 0.6) is 0 Å². The Kier molecular flexibility index (Phi) is 4.29. The van der Waals surface area contributed by atoms with E-state index >= 15 is 0 Å². The van der Waals surface area contributed by atoms with E-state index in [-0.39, 0.29) is 16.3 Å². The number of fused-ring (bicyclic) bond motifs is 1. The number of alkyl halides is 3. The SMILES string of the molecule is NS(=O)(=O)c1ccccc1-n1nc(C(F)(F)F)cc1-c1ccc2sccc2c1. The van der Waals surface area contributed by atoms with E-state index < -0.39 is 21.9 Å². The zero-order valence-corrected chi connectivity index (χ0v) is 15.6. The summed E-state index contributed by atoms with van der Waals surface area (Å²) in [5.74, 6) is 0. The molecule has 2 aromatic carbocycles. The zero-order valence-electron chi connectivity index (χ0n) is 14.0. The molecule has 5 nitrogen and oxygen atoms in total. The van der Waals surface area contributed by atoms with Gasteiger partial charge in [0.15, 0.2) is 5.69 Å². The normalized spacial score (nSPS) is 12.6. The third-order valence-electron chi connectivity index (χ3n) is 4.15. The minimum atomic E-state index is -4.69. The molecule has 0 saturated heterocycles. The Balaban J connectivity index is 2.01. The Morgan fingerprint density at radius 3 is 2.50 bits per heavy atom. The van der Waals surface area contributed by atoms with Gasteiger partial charge in [-0.15, -0.1) is 11.3 Å². The first-order valence-electron chi connectivity index (χ1n) is 7.92. The number of para-hydroxylation sites is 1. The van der Waals surface area contributed by atoms with Crippen LogP contribution in [0.1, 0.15) is 5.69 Å². The summed E-state index contributed by atoms with van der Waals surface area (Å²) in [5.41, 5.74) is -0.604. The topological polar surface area (TPSA) is 78.0 Å². The molecule has 0 bridgehead atoms. The number of rotatable bonds is 3. The van der Waals surface area contributed by atoms with Gasteiger partial charge in [0, 0.05) is 10.3 Å². The number of nitrogens with zero attached hydrogens (tertiary/aromatic N) is 2. The molecule has 0 aliphatic rings. The fourth-order valence-electron chi connectivity index (χ4n) is 2.91. The van der Waals surface area contributed by atoms with E-state index in [0.29, 0.717) is 5.56 Å². The summed E-state index contributed by atoms with van der Waals surface area (Å²) in [6.07, 6.45) is -4.69. The molecular formula is C18H12F3N3O2S2. The van der Waals surface area contributed by atoms with Gasteiger partial charge < -0.3 is 0 Å². The number of halogens is 3. The van der Waals surface area contributed by atoms with Crippen molar-refractivity contribution < 1.29 is 21.6 Å². The largest absolute Gasteiger partial charge is 0.435 e. The summed E-state index contributed by atoms with van der Waals surface area (Å²) in [4.78, 5) is -0.315. The highest BCUT2D eigenvalue weighted by Gasteiger charge is 2.35. The number of primary sulfonamides is 1. The summed E-state index contributed by atoms with van der Waals surface area (Å²) >= 11 is 1.51. The van der Waals surface area contributed by atoms with Crippen molar-refractivity contribution in [2.24, 2.45) is 5.14 Å². The molecule has 0 amide bonds. The lowest BCUT2D eigenvalue weighted by atomic mass is 10.1. The molecule has 2 heterocycles. The smallest absolute Gasteiger partial charge is 0.231 e. The van der Waals surface area contributed by atoms with Crippen LogP contribution in [0.15, 0.2) is 64.9 Å². The minimum absolute atomic E-state index is 0.0547. The maximum absolute atomic E-state index is 13.3. The van der Waals surface area contributed by atoms with Gasteiger partial charge in [0.05, 0.1) is 11.4 Å². The molecule has 4 rings (SSSR count). The van der Waals surface area contributed by atoms with Crippen LogP contribution >= 0.6 is 11.3 Å². The van der Waals surface area contributed by atoms with Crippen molar-refractivity contribution in [1.29, 1.82) is 0 Å². The first kappa shape index (κ1) is 18.7. The molecule has 0 radical (unpaired) electrons. The Labute approximate surface area is 161 Å². The molecule has 0 aliphatic carbocycles. The molecule has 2 N–H and O–H groups in total. The molecule has 0 unspecified atom stereocenters. The number of aromatic nitrogens is 2. The number of nitrogens with two attached hydrogens (primary N) is 1. The maximum Gasteiger partial charge on any atom is 0.435 e. The number of sulfonamides is 1. The molecule has 0 atom stereocenters. The van der Waals surface area contributed by atoms with Gasteiger partial charge in [0.1, 0.15) is 4.90 Å². The molecule has 0 saturated carbocycles. The second kappa shape index (κ2) is 6.43. The standard InChI is InChI=1S/C18H12F3N3O2S2/c19-18(20,21)17-10-14(11-5-6-15-12(9-11)7-8-27-15)24(23-17)13-3-1-2-4-16(13)28(22,25)26/h1-10H,(H2,22,25,26). The molecule has 4 aromatic rings. The van der Waals surface area contributed by atoms with E-state index in [0.717, 1.165) is 20.8 Å². The van der Waals surface area contributed by atoms with Crippen LogP contribution in [-0.2, 0) is 16.2 Å². The summed E-state index contributed by atoms with van der Waals surface area (Å²) in [5, 5.41) is 11.6. The van der Waals surface area contributed by atoms with Crippen LogP contribution in [0.3, 0.4) is 0 Å². The number of benzene rings is 2. The predicted molar refractivity (Wildman–Crippen MR) is 101 cm³/mol. The molecule has 0 spiro atoms. The Morgan fingerprint density at radius 1 is 1.04 bits per heavy atom. The summed E-state index contributed by atoms with van der Waals surface area (Å²) < 4.78 is 65.8. The van der Waals surface area contributed by atoms with E-state index in [1.807, 2.05) is 11.4 Å². The van der Waals surface area contributed by atoms with Crippen molar-refractivity contribution in [2.45, 2.75) is 11.1 Å². The van der Waals surface area contributed by atoms with Crippen molar-refractivity contribution in [3.05, 3.63) is 65.7 Å². The van der Waals surface area contributed by atoms with E-state index in [1.165, 1.54) is 35.6 Å². The van der Waals surface area contributed by atoms with Crippen molar-refractivity contribution in [3.8, 4) is 16.9 Å². The first-order valence-corrected chi connectivity index (χ1v) is 10.3. The average molecular weight is 423 g/mol. The molecule has 2 aromatic heterocycles. The van der Waals surface area contributed by atoms with Gasteiger partial charge in [-0.05, 0) is 47.2 Å². The zero-order chi connectivity index (χ0) is 20.1. The van der Waals surface area contributed by atoms with E-state index in [4.69, 9.17) is 5.14 Å². The van der Waals surface area contributed by atoms with Crippen LogP contribution in [0, 0.1) is 0 Å². The monoisotopic (exact) mass is 423 g/mol. The summed E-state index contributed by atoms with van der Waals surface area (Å²) in [7, 11) is -4.17. The van der Waals surface area contributed by atoms with Crippen molar-refractivity contribution in [2.75, 3.05) is 0 Å². The summed E-state index contributed by atoms with van der Waals surface area (Å²) in [6.45, 7) is 0. The lowest BCUT2D eigenvalue weighted by Gasteiger charge is -2.11. The fraction of sp³-hybridized carbons (Fsp3) is 0.0556. The third-order valence-corrected chi connectivity index (χ3v) is 6.00. The highest BCUT2D eigenvalue weighted by molar-refractivity contribution is 7.89. The lowest BCUT2D eigenvalue weighted by molar-refractivity contribution is -0.141. The average Bonchev–Trinajstić information content (AvgIpc) is 3.27. The van der Waals surface area contributed by atoms with Crippen molar-refractivity contribution in [3.63, 3.8) is 0 Å². The minimum Gasteiger partial charge on any atom is -0.231 e. The first-order chi connectivity index (χ1) is 13.1. The van der Waals surface area contributed by atoms with Crippen molar-refractivity contribution in [1.82, 2.24) is 9.78 Å². The van der Waals surface area contributed by atoms with Gasteiger partial charge in [0.2, 0.25) is 10.0 Å². The molecule has 0 fully saturated rings. The van der Waals surface area contributed by atoms with Gasteiger partial charge in [-0.25, -0.2) is 18.2 Å². The van der Waals surface area contributed by atoms with Crippen LogP contribution in [-0.4, -0.2) is 18.2 Å². The molecule has 0 aliphatic heterocycles. The van der Waals surface area contributed by atoms with Gasteiger partial charge in [-0.2, -0.15) is 18.3 Å². The van der Waals surface area contributed by atoms with E-state index in [1.54, 1.807) is 18.2 Å². The predicted octanol–water partition coefficient (Wildman–Crippen LogP) is 4.42. The maximum atomic E-state index is 13.3. The van der Waals surface area contributed by atoms with Gasteiger partial charge in [-0.1, -0.05) is 18.2 Å². The van der Waals surface area contributed by atoms with Crippen LogP contribution < -0.4 is 5.14 Å². The van der Waals surface area contributed by atoms with Gasteiger partial charge >= 0.3 is 6.18 Å². The fourth-order valence-corrected chi connectivity index (χ4v) is 4.39. The van der Waals surface area contributed by atoms with Gasteiger partial charge in [-0.3, -0.25) is 0 Å².